The largest absolute Gasteiger partial charge is 0.145 e. The quantitative estimate of drug-likeness (QED) is 0.615. The molecular formula is C17H27BS. The second-order valence-corrected chi connectivity index (χ2v) is 7.79. The smallest absolute Gasteiger partial charge is 0.0704 e. The van der Waals surface area contributed by atoms with E-state index in [1.165, 1.54) is 32.1 Å². The minimum Gasteiger partial charge on any atom is -0.145 e. The van der Waals surface area contributed by atoms with Gasteiger partial charge < -0.3 is 0 Å². The van der Waals surface area contributed by atoms with Crippen molar-refractivity contribution < 1.29 is 0 Å². The summed E-state index contributed by atoms with van der Waals surface area (Å²) in [5.74, 6) is 1.67. The van der Waals surface area contributed by atoms with E-state index in [4.69, 9.17) is 7.85 Å². The highest BCUT2D eigenvalue weighted by Gasteiger charge is 2.23. The number of fused-ring (bicyclic) bond motifs is 1. The highest BCUT2D eigenvalue weighted by atomic mass is 32.1. The van der Waals surface area contributed by atoms with Crippen LogP contribution in [0.1, 0.15) is 86.1 Å². The molecular weight excluding hydrogens is 247 g/mol. The van der Waals surface area contributed by atoms with Crippen molar-refractivity contribution in [1.82, 2.24) is 0 Å². The van der Waals surface area contributed by atoms with Gasteiger partial charge in [0.1, 0.15) is 0 Å². The van der Waals surface area contributed by atoms with E-state index in [0.29, 0.717) is 17.7 Å². The third-order valence-electron chi connectivity index (χ3n) is 4.21. The second-order valence-electron chi connectivity index (χ2n) is 6.65. The maximum atomic E-state index is 6.31. The van der Waals surface area contributed by atoms with Gasteiger partial charge in [-0.3, -0.25) is 0 Å². The molecule has 0 amide bonds. The Balaban J connectivity index is 2.44. The van der Waals surface area contributed by atoms with Gasteiger partial charge in [0, 0.05) is 9.75 Å². The van der Waals surface area contributed by atoms with E-state index in [0.717, 1.165) is 6.42 Å². The Bertz CT molecular complexity index is 417. The summed E-state index contributed by atoms with van der Waals surface area (Å²) >= 11 is 2.05. The minimum atomic E-state index is 0.371. The molecule has 104 valence electrons. The van der Waals surface area contributed by atoms with Gasteiger partial charge in [-0.05, 0) is 42.2 Å². The summed E-state index contributed by atoms with van der Waals surface area (Å²) < 4.78 is 0. The molecule has 1 aromatic rings. The molecule has 0 nitrogen and oxygen atoms in total. The van der Waals surface area contributed by atoms with Crippen molar-refractivity contribution in [2.75, 3.05) is 0 Å². The van der Waals surface area contributed by atoms with Gasteiger partial charge in [0.2, 0.25) is 0 Å². The van der Waals surface area contributed by atoms with Crippen LogP contribution < -0.4 is 0 Å². The summed E-state index contributed by atoms with van der Waals surface area (Å²) in [4.78, 5) is 3.22. The van der Waals surface area contributed by atoms with Crippen LogP contribution in [-0.2, 0) is 12.8 Å². The van der Waals surface area contributed by atoms with Crippen LogP contribution in [0.25, 0.3) is 0 Å². The zero-order valence-electron chi connectivity index (χ0n) is 13.0. The Morgan fingerprint density at radius 3 is 2.42 bits per heavy atom. The number of hydrogen-bond donors (Lipinski definition) is 0. The zero-order chi connectivity index (χ0) is 14.0. The predicted molar refractivity (Wildman–Crippen MR) is 87.9 cm³/mol. The molecule has 0 aliphatic heterocycles. The molecule has 1 aliphatic carbocycles. The first-order chi connectivity index (χ1) is 9.00. The summed E-state index contributed by atoms with van der Waals surface area (Å²) in [6.07, 6.45) is 7.58. The SMILES string of the molecule is [B]C1CCCCCc2c(sc(C(C)C)c2C(C)C)C1. The predicted octanol–water partition coefficient (Wildman–Crippen LogP) is 5.61. The summed E-state index contributed by atoms with van der Waals surface area (Å²) in [6, 6.07) is 0. The van der Waals surface area contributed by atoms with E-state index in [1.54, 1.807) is 20.9 Å². The van der Waals surface area contributed by atoms with E-state index in [9.17, 15) is 0 Å². The summed E-state index contributed by atoms with van der Waals surface area (Å²) in [5.41, 5.74) is 3.32. The van der Waals surface area contributed by atoms with Crippen molar-refractivity contribution in [1.29, 1.82) is 0 Å². The van der Waals surface area contributed by atoms with E-state index < -0.39 is 0 Å². The first-order valence-electron chi connectivity index (χ1n) is 7.90. The Morgan fingerprint density at radius 1 is 1.05 bits per heavy atom. The van der Waals surface area contributed by atoms with Crippen molar-refractivity contribution in [2.24, 2.45) is 0 Å². The number of rotatable bonds is 2. The first kappa shape index (κ1) is 15.2. The molecule has 2 radical (unpaired) electrons. The Hall–Kier alpha value is -0.235. The molecule has 0 saturated heterocycles. The zero-order valence-corrected chi connectivity index (χ0v) is 13.8. The Labute approximate surface area is 124 Å². The summed E-state index contributed by atoms with van der Waals surface area (Å²) in [7, 11) is 6.31. The number of thiophene rings is 1. The second kappa shape index (κ2) is 6.48. The molecule has 2 rings (SSSR count). The van der Waals surface area contributed by atoms with Gasteiger partial charge in [0.05, 0.1) is 7.85 Å². The van der Waals surface area contributed by atoms with Crippen molar-refractivity contribution in [3.63, 3.8) is 0 Å². The third-order valence-corrected chi connectivity index (χ3v) is 5.78. The molecule has 1 aromatic heterocycles. The normalized spacial score (nSPS) is 21.1. The van der Waals surface area contributed by atoms with Gasteiger partial charge in [-0.1, -0.05) is 52.8 Å². The van der Waals surface area contributed by atoms with E-state index >= 15 is 0 Å². The van der Waals surface area contributed by atoms with E-state index in [2.05, 4.69) is 39.0 Å². The molecule has 0 N–H and O–H groups in total. The molecule has 1 heterocycles. The van der Waals surface area contributed by atoms with Gasteiger partial charge in [0.15, 0.2) is 0 Å². The average Bonchev–Trinajstić information content (AvgIpc) is 2.69. The third kappa shape index (κ3) is 3.45. The van der Waals surface area contributed by atoms with Gasteiger partial charge in [-0.2, -0.15) is 0 Å². The van der Waals surface area contributed by atoms with Crippen LogP contribution >= 0.6 is 11.3 Å². The molecule has 1 aliphatic rings. The lowest BCUT2D eigenvalue weighted by molar-refractivity contribution is 0.627. The molecule has 1 unspecified atom stereocenters. The molecule has 1 atom stereocenters. The summed E-state index contributed by atoms with van der Waals surface area (Å²) in [6.45, 7) is 9.36. The highest BCUT2D eigenvalue weighted by molar-refractivity contribution is 7.12. The number of hydrogen-bond acceptors (Lipinski definition) is 1. The molecule has 0 bridgehead atoms. The fourth-order valence-corrected chi connectivity index (χ4v) is 4.88. The fraction of sp³-hybridized carbons (Fsp3) is 0.765. The van der Waals surface area contributed by atoms with Gasteiger partial charge in [-0.15, -0.1) is 11.3 Å². The fourth-order valence-electron chi connectivity index (χ4n) is 3.27. The Kier molecular flexibility index (Phi) is 5.17. The lowest BCUT2D eigenvalue weighted by Crippen LogP contribution is -2.00. The lowest BCUT2D eigenvalue weighted by Gasteiger charge is -2.14. The van der Waals surface area contributed by atoms with Crippen molar-refractivity contribution in [2.45, 2.75) is 83.9 Å². The molecule has 0 fully saturated rings. The van der Waals surface area contributed by atoms with Crippen LogP contribution in [-0.4, -0.2) is 7.85 Å². The van der Waals surface area contributed by atoms with Crippen LogP contribution in [0.3, 0.4) is 0 Å². The molecule has 0 aromatic carbocycles. The highest BCUT2D eigenvalue weighted by Crippen LogP contribution is 2.41. The van der Waals surface area contributed by atoms with E-state index in [1.807, 2.05) is 0 Å². The van der Waals surface area contributed by atoms with Gasteiger partial charge in [-0.25, -0.2) is 0 Å². The average molecular weight is 274 g/mol. The van der Waals surface area contributed by atoms with E-state index in [-0.39, 0.29) is 0 Å². The van der Waals surface area contributed by atoms with Crippen molar-refractivity contribution in [3.05, 3.63) is 20.9 Å². The molecule has 19 heavy (non-hydrogen) atoms. The lowest BCUT2D eigenvalue weighted by atomic mass is 9.79. The van der Waals surface area contributed by atoms with Gasteiger partial charge in [0.25, 0.3) is 0 Å². The monoisotopic (exact) mass is 274 g/mol. The Morgan fingerprint density at radius 2 is 1.79 bits per heavy atom. The van der Waals surface area contributed by atoms with Crippen molar-refractivity contribution >= 4 is 19.2 Å². The topological polar surface area (TPSA) is 0 Å². The maximum absolute atomic E-state index is 6.31. The van der Waals surface area contributed by atoms with Crippen LogP contribution in [0.15, 0.2) is 0 Å². The summed E-state index contributed by atoms with van der Waals surface area (Å²) in [5, 5.41) is 0. The molecule has 0 spiro atoms. The van der Waals surface area contributed by atoms with Crippen molar-refractivity contribution in [3.8, 4) is 0 Å². The first-order valence-corrected chi connectivity index (χ1v) is 8.72. The van der Waals surface area contributed by atoms with Crippen LogP contribution in [0, 0.1) is 0 Å². The maximum Gasteiger partial charge on any atom is 0.0704 e. The van der Waals surface area contributed by atoms with Gasteiger partial charge >= 0.3 is 0 Å². The molecule has 2 heteroatoms. The minimum absolute atomic E-state index is 0.371. The van der Waals surface area contributed by atoms with Crippen LogP contribution in [0.5, 0.6) is 0 Å². The van der Waals surface area contributed by atoms with Crippen LogP contribution in [0.2, 0.25) is 5.82 Å². The standard InChI is InChI=1S/C17H27BS/c1-11(2)16-14-9-7-5-6-8-13(18)10-15(14)19-17(16)12(3)4/h11-13H,5-10H2,1-4H3. The van der Waals surface area contributed by atoms with Crippen LogP contribution in [0.4, 0.5) is 0 Å². The molecule has 0 saturated carbocycles.